The second-order valence-corrected chi connectivity index (χ2v) is 5.70. The smallest absolute Gasteiger partial charge is 0.251 e. The molecule has 1 unspecified atom stereocenters. The van der Waals surface area contributed by atoms with Gasteiger partial charge in [-0.3, -0.25) is 9.59 Å². The molecule has 2 heterocycles. The summed E-state index contributed by atoms with van der Waals surface area (Å²) < 4.78 is 5.53. The number of aryl methyl sites for hydroxylation is 1. The van der Waals surface area contributed by atoms with Gasteiger partial charge in [-0.2, -0.15) is 0 Å². The van der Waals surface area contributed by atoms with Crippen molar-refractivity contribution >= 4 is 17.5 Å². The predicted octanol–water partition coefficient (Wildman–Crippen LogP) is 1.40. The number of hydrogen-bond acceptors (Lipinski definition) is 4. The summed E-state index contributed by atoms with van der Waals surface area (Å²) in [4.78, 5) is 25.8. The Balaban J connectivity index is 1.65. The highest BCUT2D eigenvalue weighted by Crippen LogP contribution is 2.23. The second kappa shape index (κ2) is 5.95. The van der Waals surface area contributed by atoms with Crippen LogP contribution in [0.15, 0.2) is 24.3 Å². The fraction of sp³-hybridized carbons (Fsp3) is 0.500. The number of hydrogen-bond donors (Lipinski definition) is 1. The number of ether oxygens (including phenoxy) is 1. The summed E-state index contributed by atoms with van der Waals surface area (Å²) in [6.45, 7) is 3.40. The van der Waals surface area contributed by atoms with Gasteiger partial charge in [-0.25, -0.2) is 4.90 Å². The maximum Gasteiger partial charge on any atom is 0.251 e. The molecule has 0 saturated carbocycles. The largest absolute Gasteiger partial charge is 0.377 e. The summed E-state index contributed by atoms with van der Waals surface area (Å²) in [5.74, 6) is -0.310. The number of anilines is 1. The molecule has 0 radical (unpaired) electrons. The number of nitrogens with zero attached hydrogens (tertiary/aromatic N) is 1. The van der Waals surface area contributed by atoms with Crippen LogP contribution in [-0.4, -0.2) is 37.1 Å². The van der Waals surface area contributed by atoms with Crippen molar-refractivity contribution in [1.29, 1.82) is 0 Å². The summed E-state index contributed by atoms with van der Waals surface area (Å²) in [5.41, 5.74) is 1.75. The Morgan fingerprint density at radius 1 is 1.29 bits per heavy atom. The Bertz CT molecular complexity index is 535. The molecule has 2 fully saturated rings. The zero-order chi connectivity index (χ0) is 14.8. The van der Waals surface area contributed by atoms with Gasteiger partial charge < -0.3 is 10.1 Å². The van der Waals surface area contributed by atoms with Crippen molar-refractivity contribution in [3.8, 4) is 0 Å². The fourth-order valence-corrected chi connectivity index (χ4v) is 2.84. The van der Waals surface area contributed by atoms with Crippen LogP contribution in [0.1, 0.15) is 24.8 Å². The lowest BCUT2D eigenvalue weighted by Gasteiger charge is -2.17. The highest BCUT2D eigenvalue weighted by molar-refractivity contribution is 6.22. The first-order valence-corrected chi connectivity index (χ1v) is 7.43. The van der Waals surface area contributed by atoms with E-state index in [2.05, 4.69) is 5.32 Å². The first kappa shape index (κ1) is 14.2. The minimum Gasteiger partial charge on any atom is -0.377 e. The van der Waals surface area contributed by atoms with Gasteiger partial charge in [0.05, 0.1) is 24.3 Å². The number of imide groups is 1. The van der Waals surface area contributed by atoms with E-state index in [0.717, 1.165) is 25.0 Å². The highest BCUT2D eigenvalue weighted by Gasteiger charge is 2.39. The van der Waals surface area contributed by atoms with E-state index in [1.807, 2.05) is 31.2 Å². The molecule has 0 spiro atoms. The Hall–Kier alpha value is -1.72. The summed E-state index contributed by atoms with van der Waals surface area (Å²) in [5, 5.41) is 3.18. The van der Waals surface area contributed by atoms with Crippen molar-refractivity contribution in [2.45, 2.75) is 38.3 Å². The standard InChI is InChI=1S/C16H20N2O3/c1-11-4-6-12(7-5-11)18-15(19)9-14(16(18)20)17-10-13-3-2-8-21-13/h4-7,13-14,17H,2-3,8-10H2,1H3/t13?,14-/m0/s1. The van der Waals surface area contributed by atoms with Crippen molar-refractivity contribution < 1.29 is 14.3 Å². The summed E-state index contributed by atoms with van der Waals surface area (Å²) in [7, 11) is 0. The van der Waals surface area contributed by atoms with E-state index in [-0.39, 0.29) is 24.3 Å². The second-order valence-electron chi connectivity index (χ2n) is 5.70. The molecule has 1 aromatic rings. The molecule has 0 bridgehead atoms. The third kappa shape index (κ3) is 2.99. The van der Waals surface area contributed by atoms with Crippen LogP contribution in [0.5, 0.6) is 0 Å². The van der Waals surface area contributed by atoms with Gasteiger partial charge in [-0.15, -0.1) is 0 Å². The lowest BCUT2D eigenvalue weighted by Crippen LogP contribution is -2.41. The highest BCUT2D eigenvalue weighted by atomic mass is 16.5. The minimum atomic E-state index is -0.428. The molecule has 2 amide bonds. The number of carbonyl (C=O) groups excluding carboxylic acids is 2. The third-order valence-corrected chi connectivity index (χ3v) is 4.05. The number of benzene rings is 1. The van der Waals surface area contributed by atoms with Gasteiger partial charge in [0.1, 0.15) is 0 Å². The predicted molar refractivity (Wildman–Crippen MR) is 79.1 cm³/mol. The summed E-state index contributed by atoms with van der Waals surface area (Å²) in [6, 6.07) is 7.01. The van der Waals surface area contributed by atoms with E-state index >= 15 is 0 Å². The van der Waals surface area contributed by atoms with E-state index in [4.69, 9.17) is 4.74 Å². The van der Waals surface area contributed by atoms with E-state index in [1.165, 1.54) is 4.90 Å². The number of carbonyl (C=O) groups is 2. The lowest BCUT2D eigenvalue weighted by molar-refractivity contribution is -0.121. The quantitative estimate of drug-likeness (QED) is 0.851. The molecule has 1 aromatic carbocycles. The van der Waals surface area contributed by atoms with Crippen LogP contribution in [0.2, 0.25) is 0 Å². The average molecular weight is 288 g/mol. The SMILES string of the molecule is Cc1ccc(N2C(=O)C[C@H](NCC3CCCO3)C2=O)cc1. The van der Waals surface area contributed by atoms with Crippen LogP contribution >= 0.6 is 0 Å². The molecule has 0 aliphatic carbocycles. The van der Waals surface area contributed by atoms with Gasteiger partial charge in [0.2, 0.25) is 5.91 Å². The monoisotopic (exact) mass is 288 g/mol. The van der Waals surface area contributed by atoms with Gasteiger partial charge >= 0.3 is 0 Å². The van der Waals surface area contributed by atoms with E-state index in [0.29, 0.717) is 12.2 Å². The Morgan fingerprint density at radius 2 is 2.05 bits per heavy atom. The van der Waals surface area contributed by atoms with Crippen molar-refractivity contribution in [3.05, 3.63) is 29.8 Å². The van der Waals surface area contributed by atoms with Crippen molar-refractivity contribution in [1.82, 2.24) is 5.32 Å². The Kier molecular flexibility index (Phi) is 4.03. The van der Waals surface area contributed by atoms with Gasteiger partial charge in [0.15, 0.2) is 0 Å². The lowest BCUT2D eigenvalue weighted by atomic mass is 10.2. The average Bonchev–Trinajstić information content (AvgIpc) is 3.07. The minimum absolute atomic E-state index is 0.145. The molecule has 1 N–H and O–H groups in total. The third-order valence-electron chi connectivity index (χ3n) is 4.05. The molecule has 3 rings (SSSR count). The van der Waals surface area contributed by atoms with E-state index in [1.54, 1.807) is 0 Å². The molecule has 0 aromatic heterocycles. The Morgan fingerprint density at radius 3 is 2.71 bits per heavy atom. The van der Waals surface area contributed by atoms with Crippen LogP contribution in [0.25, 0.3) is 0 Å². The molecule has 2 aliphatic rings. The summed E-state index contributed by atoms with van der Waals surface area (Å²) >= 11 is 0. The van der Waals surface area contributed by atoms with Crippen LogP contribution in [0.3, 0.4) is 0 Å². The van der Waals surface area contributed by atoms with Crippen LogP contribution in [0.4, 0.5) is 5.69 Å². The molecule has 112 valence electrons. The molecule has 2 aliphatic heterocycles. The zero-order valence-electron chi connectivity index (χ0n) is 12.2. The molecular formula is C16H20N2O3. The van der Waals surface area contributed by atoms with Crippen molar-refractivity contribution in [3.63, 3.8) is 0 Å². The number of amides is 2. The van der Waals surface area contributed by atoms with Gasteiger partial charge in [-0.1, -0.05) is 17.7 Å². The molecule has 2 atom stereocenters. The maximum absolute atomic E-state index is 12.4. The fourth-order valence-electron chi connectivity index (χ4n) is 2.84. The Labute approximate surface area is 124 Å². The summed E-state index contributed by atoms with van der Waals surface area (Å²) in [6.07, 6.45) is 2.48. The first-order chi connectivity index (χ1) is 10.1. The van der Waals surface area contributed by atoms with Gasteiger partial charge in [-0.05, 0) is 31.9 Å². The molecular weight excluding hydrogens is 268 g/mol. The van der Waals surface area contributed by atoms with Crippen LogP contribution < -0.4 is 10.2 Å². The topological polar surface area (TPSA) is 58.6 Å². The molecule has 21 heavy (non-hydrogen) atoms. The van der Waals surface area contributed by atoms with Crippen molar-refractivity contribution in [2.75, 3.05) is 18.1 Å². The zero-order valence-corrected chi connectivity index (χ0v) is 12.2. The molecule has 5 nitrogen and oxygen atoms in total. The van der Waals surface area contributed by atoms with Crippen LogP contribution in [0, 0.1) is 6.92 Å². The molecule has 5 heteroatoms. The van der Waals surface area contributed by atoms with Crippen molar-refractivity contribution in [2.24, 2.45) is 0 Å². The first-order valence-electron chi connectivity index (χ1n) is 7.43. The van der Waals surface area contributed by atoms with Gasteiger partial charge in [0, 0.05) is 13.2 Å². The maximum atomic E-state index is 12.4. The number of nitrogens with one attached hydrogen (secondary N) is 1. The van der Waals surface area contributed by atoms with Crippen LogP contribution in [-0.2, 0) is 14.3 Å². The molecule has 2 saturated heterocycles. The van der Waals surface area contributed by atoms with E-state index < -0.39 is 6.04 Å². The van der Waals surface area contributed by atoms with E-state index in [9.17, 15) is 9.59 Å². The normalized spacial score (nSPS) is 25.9. The number of rotatable bonds is 4. The van der Waals surface area contributed by atoms with Gasteiger partial charge in [0.25, 0.3) is 5.91 Å².